The van der Waals surface area contributed by atoms with Gasteiger partial charge < -0.3 is 5.32 Å². The van der Waals surface area contributed by atoms with E-state index in [-0.39, 0.29) is 10.3 Å². The smallest absolute Gasteiger partial charge is 0.321 e. The number of carbonyl (C=O) groups is 1. The Hall–Kier alpha value is -2.35. The monoisotopic (exact) mass is 353 g/mol. The molecule has 0 atom stereocenters. The van der Waals surface area contributed by atoms with Crippen LogP contribution in [0.4, 0.5) is 18.9 Å². The first-order valence-electron chi connectivity index (χ1n) is 7.09. The van der Waals surface area contributed by atoms with Gasteiger partial charge in [0.1, 0.15) is 4.83 Å². The fourth-order valence-electron chi connectivity index (χ4n) is 2.50. The van der Waals surface area contributed by atoms with E-state index in [9.17, 15) is 18.0 Å². The van der Waals surface area contributed by atoms with Gasteiger partial charge in [-0.3, -0.25) is 9.48 Å². The number of hydrogen-bond donors (Lipinski definition) is 1. The lowest BCUT2D eigenvalue weighted by atomic mass is 10.1. The zero-order valence-corrected chi connectivity index (χ0v) is 14.0. The fourth-order valence-corrected chi connectivity index (χ4v) is 3.47. The molecule has 2 heterocycles. The number of nitrogens with one attached hydrogen (secondary N) is 1. The van der Waals surface area contributed by atoms with Crippen LogP contribution >= 0.6 is 11.3 Å². The van der Waals surface area contributed by atoms with Gasteiger partial charge in [-0.05, 0) is 31.5 Å². The summed E-state index contributed by atoms with van der Waals surface area (Å²) in [5.74, 6) is -0.434. The van der Waals surface area contributed by atoms with E-state index < -0.39 is 17.8 Å². The molecule has 4 nitrogen and oxygen atoms in total. The summed E-state index contributed by atoms with van der Waals surface area (Å²) in [4.78, 5) is 12.9. The summed E-state index contributed by atoms with van der Waals surface area (Å²) in [5, 5.41) is 6.19. The Balaban J connectivity index is 1.96. The van der Waals surface area contributed by atoms with E-state index in [0.29, 0.717) is 10.5 Å². The van der Waals surface area contributed by atoms with Gasteiger partial charge in [-0.15, -0.1) is 11.3 Å². The molecule has 3 aromatic rings. The van der Waals surface area contributed by atoms with Crippen molar-refractivity contribution in [3.05, 3.63) is 46.0 Å². The van der Waals surface area contributed by atoms with Gasteiger partial charge in [-0.1, -0.05) is 17.7 Å². The second-order valence-electron chi connectivity index (χ2n) is 5.57. The first-order valence-corrected chi connectivity index (χ1v) is 7.91. The maximum absolute atomic E-state index is 13.0. The molecule has 0 saturated heterocycles. The van der Waals surface area contributed by atoms with Gasteiger partial charge in [0, 0.05) is 18.1 Å². The Kier molecular flexibility index (Phi) is 3.87. The third kappa shape index (κ3) is 2.89. The van der Waals surface area contributed by atoms with E-state index in [1.54, 1.807) is 6.07 Å². The van der Waals surface area contributed by atoms with Gasteiger partial charge in [0.15, 0.2) is 5.69 Å². The standard InChI is InChI=1S/C16H14F3N3OS/c1-8-4-5-11(9(2)6-8)20-14(23)12-7-10-13(16(17,18)19)21-22(3)15(10)24-12/h4-7H,1-3H3,(H,20,23). The molecule has 0 spiro atoms. The van der Waals surface area contributed by atoms with Gasteiger partial charge >= 0.3 is 6.18 Å². The first kappa shape index (κ1) is 16.5. The summed E-state index contributed by atoms with van der Waals surface area (Å²) in [6.45, 7) is 3.80. The van der Waals surface area contributed by atoms with Crippen LogP contribution in [0, 0.1) is 13.8 Å². The number of anilines is 1. The maximum Gasteiger partial charge on any atom is 0.435 e. The quantitative estimate of drug-likeness (QED) is 0.736. The summed E-state index contributed by atoms with van der Waals surface area (Å²) in [6, 6.07) is 6.80. The van der Waals surface area contributed by atoms with E-state index in [2.05, 4.69) is 10.4 Å². The molecule has 0 aliphatic heterocycles. The first-order chi connectivity index (χ1) is 11.2. The number of amides is 1. The molecule has 2 aromatic heterocycles. The minimum atomic E-state index is -4.55. The molecule has 0 radical (unpaired) electrons. The second-order valence-corrected chi connectivity index (χ2v) is 6.60. The van der Waals surface area contributed by atoms with Crippen molar-refractivity contribution in [3.8, 4) is 0 Å². The predicted octanol–water partition coefficient (Wildman–Crippen LogP) is 4.52. The summed E-state index contributed by atoms with van der Waals surface area (Å²) in [6.07, 6.45) is -4.55. The Morgan fingerprint density at radius 2 is 1.96 bits per heavy atom. The van der Waals surface area contributed by atoms with Gasteiger partial charge in [0.05, 0.1) is 4.88 Å². The Labute approximate surface area is 139 Å². The third-order valence-electron chi connectivity index (χ3n) is 3.63. The van der Waals surface area contributed by atoms with E-state index in [4.69, 9.17) is 0 Å². The normalized spacial score (nSPS) is 11.9. The van der Waals surface area contributed by atoms with Crippen molar-refractivity contribution in [3.63, 3.8) is 0 Å². The number of halogens is 3. The van der Waals surface area contributed by atoms with E-state index in [1.807, 2.05) is 26.0 Å². The van der Waals surface area contributed by atoms with Crippen LogP contribution in [0.2, 0.25) is 0 Å². The third-order valence-corrected chi connectivity index (χ3v) is 4.83. The Morgan fingerprint density at radius 3 is 2.58 bits per heavy atom. The minimum Gasteiger partial charge on any atom is -0.321 e. The van der Waals surface area contributed by atoms with Crippen LogP contribution < -0.4 is 5.32 Å². The maximum atomic E-state index is 13.0. The minimum absolute atomic E-state index is 0.0548. The van der Waals surface area contributed by atoms with E-state index in [1.165, 1.54) is 13.1 Å². The topological polar surface area (TPSA) is 46.9 Å². The average molecular weight is 353 g/mol. The molecule has 1 N–H and O–H groups in total. The largest absolute Gasteiger partial charge is 0.435 e. The number of hydrogen-bond acceptors (Lipinski definition) is 3. The van der Waals surface area contributed by atoms with Crippen molar-refractivity contribution in [1.82, 2.24) is 9.78 Å². The van der Waals surface area contributed by atoms with Gasteiger partial charge in [-0.25, -0.2) is 0 Å². The van der Waals surface area contributed by atoms with Crippen molar-refractivity contribution in [2.24, 2.45) is 7.05 Å². The van der Waals surface area contributed by atoms with Crippen LogP contribution in [0.3, 0.4) is 0 Å². The highest BCUT2D eigenvalue weighted by molar-refractivity contribution is 7.20. The number of alkyl halides is 3. The summed E-state index contributed by atoms with van der Waals surface area (Å²) >= 11 is 0.986. The van der Waals surface area contributed by atoms with Crippen LogP contribution in [0.5, 0.6) is 0 Å². The number of aromatic nitrogens is 2. The van der Waals surface area contributed by atoms with Crippen LogP contribution in [0.1, 0.15) is 26.5 Å². The van der Waals surface area contributed by atoms with Gasteiger partial charge in [-0.2, -0.15) is 18.3 Å². The molecule has 0 saturated carbocycles. The lowest BCUT2D eigenvalue weighted by Gasteiger charge is -2.08. The molecular weight excluding hydrogens is 339 g/mol. The zero-order valence-electron chi connectivity index (χ0n) is 13.2. The van der Waals surface area contributed by atoms with Crippen LogP contribution in [0.15, 0.2) is 24.3 Å². The Bertz CT molecular complexity index is 940. The lowest BCUT2D eigenvalue weighted by Crippen LogP contribution is -2.11. The summed E-state index contributed by atoms with van der Waals surface area (Å²) in [7, 11) is 1.43. The van der Waals surface area contributed by atoms with Gasteiger partial charge in [0.2, 0.25) is 0 Å². The number of carbonyl (C=O) groups excluding carboxylic acids is 1. The number of nitrogens with zero attached hydrogens (tertiary/aromatic N) is 2. The Morgan fingerprint density at radius 1 is 1.25 bits per heavy atom. The highest BCUT2D eigenvalue weighted by Gasteiger charge is 2.37. The van der Waals surface area contributed by atoms with Gasteiger partial charge in [0.25, 0.3) is 5.91 Å². The number of rotatable bonds is 2. The number of aryl methyl sites for hydroxylation is 3. The number of thiophene rings is 1. The molecule has 0 aliphatic carbocycles. The highest BCUT2D eigenvalue weighted by Crippen LogP contribution is 2.37. The van der Waals surface area contributed by atoms with Crippen molar-refractivity contribution in [2.45, 2.75) is 20.0 Å². The molecule has 0 fully saturated rings. The lowest BCUT2D eigenvalue weighted by molar-refractivity contribution is -0.140. The summed E-state index contributed by atoms with van der Waals surface area (Å²) < 4.78 is 40.2. The molecule has 126 valence electrons. The van der Waals surface area contributed by atoms with Crippen molar-refractivity contribution in [1.29, 1.82) is 0 Å². The molecule has 0 bridgehead atoms. The number of fused-ring (bicyclic) bond motifs is 1. The molecule has 8 heteroatoms. The average Bonchev–Trinajstić information content (AvgIpc) is 3.02. The van der Waals surface area contributed by atoms with E-state index in [0.717, 1.165) is 27.1 Å². The van der Waals surface area contributed by atoms with Crippen molar-refractivity contribution < 1.29 is 18.0 Å². The van der Waals surface area contributed by atoms with Crippen molar-refractivity contribution >= 4 is 33.1 Å². The van der Waals surface area contributed by atoms with Crippen LogP contribution in [-0.4, -0.2) is 15.7 Å². The number of benzene rings is 1. The van der Waals surface area contributed by atoms with E-state index >= 15 is 0 Å². The fraction of sp³-hybridized carbons (Fsp3) is 0.250. The highest BCUT2D eigenvalue weighted by atomic mass is 32.1. The molecule has 0 aliphatic rings. The molecule has 1 amide bonds. The molecule has 3 rings (SSSR count). The second kappa shape index (κ2) is 5.62. The molecule has 24 heavy (non-hydrogen) atoms. The zero-order chi connectivity index (χ0) is 17.6. The van der Waals surface area contributed by atoms with Crippen LogP contribution in [0.25, 0.3) is 10.2 Å². The van der Waals surface area contributed by atoms with Crippen molar-refractivity contribution in [2.75, 3.05) is 5.32 Å². The summed E-state index contributed by atoms with van der Waals surface area (Å²) in [5.41, 5.74) is 1.62. The SMILES string of the molecule is Cc1ccc(NC(=O)c2cc3c(C(F)(F)F)nn(C)c3s2)c(C)c1. The molecule has 0 unspecified atom stereocenters. The molecular formula is C16H14F3N3OS. The predicted molar refractivity (Wildman–Crippen MR) is 87.5 cm³/mol. The van der Waals surface area contributed by atoms with Crippen LogP contribution in [-0.2, 0) is 13.2 Å². The molecule has 1 aromatic carbocycles.